The van der Waals surface area contributed by atoms with E-state index in [1.54, 1.807) is 0 Å². The predicted octanol–water partition coefficient (Wildman–Crippen LogP) is 4.39. The Morgan fingerprint density at radius 2 is 1.82 bits per heavy atom. The van der Waals surface area contributed by atoms with Crippen LogP contribution < -0.4 is 5.32 Å². The molecule has 0 aliphatic rings. The molecule has 0 bridgehead atoms. The molecule has 17 heavy (non-hydrogen) atoms. The van der Waals surface area contributed by atoms with Crippen LogP contribution in [0.25, 0.3) is 0 Å². The van der Waals surface area contributed by atoms with Crippen LogP contribution in [-0.2, 0) is 6.42 Å². The molecule has 1 nitrogen and oxygen atoms in total. The maximum atomic E-state index is 3.68. The van der Waals surface area contributed by atoms with Crippen molar-refractivity contribution < 1.29 is 0 Å². The van der Waals surface area contributed by atoms with E-state index in [0.29, 0.717) is 12.1 Å². The van der Waals surface area contributed by atoms with Crippen LogP contribution in [0, 0.1) is 3.57 Å². The summed E-state index contributed by atoms with van der Waals surface area (Å²) in [6, 6.07) is 10.1. The zero-order valence-electron chi connectivity index (χ0n) is 11.2. The molecule has 1 rings (SSSR count). The maximum Gasteiger partial charge on any atom is 0.0130 e. The Kier molecular flexibility index (Phi) is 7.12. The van der Waals surface area contributed by atoms with Crippen molar-refractivity contribution in [2.24, 2.45) is 0 Å². The molecule has 1 N–H and O–H groups in total. The van der Waals surface area contributed by atoms with Gasteiger partial charge >= 0.3 is 0 Å². The van der Waals surface area contributed by atoms with Gasteiger partial charge in [0.15, 0.2) is 0 Å². The summed E-state index contributed by atoms with van der Waals surface area (Å²) in [4.78, 5) is 0. The van der Waals surface area contributed by atoms with Gasteiger partial charge in [0, 0.05) is 15.7 Å². The van der Waals surface area contributed by atoms with Gasteiger partial charge in [0.1, 0.15) is 0 Å². The third-order valence-corrected chi connectivity index (χ3v) is 3.59. The minimum Gasteiger partial charge on any atom is -0.311 e. The molecule has 0 aromatic heterocycles. The number of rotatable bonds is 7. The molecule has 0 saturated heterocycles. The highest BCUT2D eigenvalue weighted by molar-refractivity contribution is 14.1. The van der Waals surface area contributed by atoms with Crippen molar-refractivity contribution in [2.45, 2.75) is 58.5 Å². The van der Waals surface area contributed by atoms with Gasteiger partial charge in [-0.2, -0.15) is 0 Å². The van der Waals surface area contributed by atoms with Crippen LogP contribution in [0.4, 0.5) is 0 Å². The Bertz CT molecular complexity index is 305. The molecule has 0 amide bonds. The highest BCUT2D eigenvalue weighted by atomic mass is 127. The predicted molar refractivity (Wildman–Crippen MR) is 84.4 cm³/mol. The second kappa shape index (κ2) is 8.09. The number of hydrogen-bond acceptors (Lipinski definition) is 1. The quantitative estimate of drug-likeness (QED) is 0.723. The minimum absolute atomic E-state index is 0.570. The van der Waals surface area contributed by atoms with E-state index >= 15 is 0 Å². The summed E-state index contributed by atoms with van der Waals surface area (Å²) in [6.45, 7) is 6.72. The van der Waals surface area contributed by atoms with E-state index in [2.05, 4.69) is 72.9 Å². The molecule has 1 aromatic carbocycles. The number of nitrogens with one attached hydrogen (secondary N) is 1. The highest BCUT2D eigenvalue weighted by Gasteiger charge is 2.10. The molecule has 1 unspecified atom stereocenters. The summed E-state index contributed by atoms with van der Waals surface area (Å²) in [5.74, 6) is 0. The van der Waals surface area contributed by atoms with Gasteiger partial charge in [0.25, 0.3) is 0 Å². The lowest BCUT2D eigenvalue weighted by atomic mass is 10.0. The van der Waals surface area contributed by atoms with E-state index < -0.39 is 0 Å². The van der Waals surface area contributed by atoms with Gasteiger partial charge in [-0.3, -0.25) is 0 Å². The molecule has 0 radical (unpaired) electrons. The third kappa shape index (κ3) is 6.41. The Balaban J connectivity index is 2.54. The average Bonchev–Trinajstić information content (AvgIpc) is 2.28. The van der Waals surface area contributed by atoms with Crippen molar-refractivity contribution in [3.8, 4) is 0 Å². The van der Waals surface area contributed by atoms with Gasteiger partial charge in [-0.25, -0.2) is 0 Å². The summed E-state index contributed by atoms with van der Waals surface area (Å²) in [5, 5.41) is 3.68. The van der Waals surface area contributed by atoms with Gasteiger partial charge in [-0.05, 0) is 53.1 Å². The van der Waals surface area contributed by atoms with Gasteiger partial charge < -0.3 is 5.32 Å². The van der Waals surface area contributed by atoms with Crippen molar-refractivity contribution in [3.05, 3.63) is 33.4 Å². The fraction of sp³-hybridized carbons (Fsp3) is 0.600. The minimum atomic E-state index is 0.570. The van der Waals surface area contributed by atoms with Crippen molar-refractivity contribution in [2.75, 3.05) is 0 Å². The Hall–Kier alpha value is -0.0900. The highest BCUT2D eigenvalue weighted by Crippen LogP contribution is 2.12. The lowest BCUT2D eigenvalue weighted by Crippen LogP contribution is -2.36. The molecule has 0 heterocycles. The molecule has 1 atom stereocenters. The van der Waals surface area contributed by atoms with Crippen LogP contribution >= 0.6 is 22.6 Å². The van der Waals surface area contributed by atoms with Crippen LogP contribution in [0.15, 0.2) is 24.3 Å². The van der Waals surface area contributed by atoms with E-state index in [-0.39, 0.29) is 0 Å². The summed E-state index contributed by atoms with van der Waals surface area (Å²) in [7, 11) is 0. The van der Waals surface area contributed by atoms with Gasteiger partial charge in [-0.1, -0.05) is 45.7 Å². The topological polar surface area (TPSA) is 12.0 Å². The summed E-state index contributed by atoms with van der Waals surface area (Å²) < 4.78 is 1.31. The molecule has 1 aromatic rings. The third-order valence-electron chi connectivity index (χ3n) is 2.87. The zero-order chi connectivity index (χ0) is 12.7. The Labute approximate surface area is 120 Å². The SMILES string of the molecule is CCCCC(Cc1ccc(I)cc1)NC(C)C. The van der Waals surface area contributed by atoms with E-state index in [1.165, 1.54) is 28.4 Å². The molecule has 0 fully saturated rings. The molecular formula is C15H24IN. The van der Waals surface area contributed by atoms with Crippen LogP contribution in [0.5, 0.6) is 0 Å². The van der Waals surface area contributed by atoms with Crippen molar-refractivity contribution in [3.63, 3.8) is 0 Å². The molecule has 0 saturated carbocycles. The molecular weight excluding hydrogens is 321 g/mol. The van der Waals surface area contributed by atoms with E-state index in [1.807, 2.05) is 0 Å². The second-order valence-electron chi connectivity index (χ2n) is 4.99. The first kappa shape index (κ1) is 15.0. The maximum absolute atomic E-state index is 3.68. The monoisotopic (exact) mass is 345 g/mol. The molecule has 0 spiro atoms. The van der Waals surface area contributed by atoms with Crippen LogP contribution in [0.3, 0.4) is 0 Å². The molecule has 0 aliphatic heterocycles. The first-order valence-corrected chi connectivity index (χ1v) is 7.70. The lowest BCUT2D eigenvalue weighted by Gasteiger charge is -2.21. The summed E-state index contributed by atoms with van der Waals surface area (Å²) in [5.41, 5.74) is 1.44. The molecule has 0 aliphatic carbocycles. The largest absolute Gasteiger partial charge is 0.311 e. The fourth-order valence-electron chi connectivity index (χ4n) is 2.07. The van der Waals surface area contributed by atoms with Crippen molar-refractivity contribution >= 4 is 22.6 Å². The van der Waals surface area contributed by atoms with Crippen molar-refractivity contribution in [1.29, 1.82) is 0 Å². The Morgan fingerprint density at radius 1 is 1.18 bits per heavy atom. The van der Waals surface area contributed by atoms with Gasteiger partial charge in [0.05, 0.1) is 0 Å². The second-order valence-corrected chi connectivity index (χ2v) is 6.24. The van der Waals surface area contributed by atoms with Crippen LogP contribution in [-0.4, -0.2) is 12.1 Å². The number of benzene rings is 1. The van der Waals surface area contributed by atoms with Crippen LogP contribution in [0.2, 0.25) is 0 Å². The van der Waals surface area contributed by atoms with Gasteiger partial charge in [-0.15, -0.1) is 0 Å². The first-order valence-electron chi connectivity index (χ1n) is 6.62. The van der Waals surface area contributed by atoms with Gasteiger partial charge in [0.2, 0.25) is 0 Å². The fourth-order valence-corrected chi connectivity index (χ4v) is 2.43. The molecule has 2 heteroatoms. The van der Waals surface area contributed by atoms with E-state index in [9.17, 15) is 0 Å². The lowest BCUT2D eigenvalue weighted by molar-refractivity contribution is 0.425. The average molecular weight is 345 g/mol. The normalized spacial score (nSPS) is 13.0. The van der Waals surface area contributed by atoms with Crippen molar-refractivity contribution in [1.82, 2.24) is 5.32 Å². The number of unbranched alkanes of at least 4 members (excludes halogenated alkanes) is 1. The summed E-state index contributed by atoms with van der Waals surface area (Å²) >= 11 is 2.36. The molecule has 96 valence electrons. The van der Waals surface area contributed by atoms with Crippen LogP contribution in [0.1, 0.15) is 45.6 Å². The summed E-state index contributed by atoms with van der Waals surface area (Å²) in [6.07, 6.45) is 5.02. The Morgan fingerprint density at radius 3 is 2.35 bits per heavy atom. The first-order chi connectivity index (χ1) is 8.11. The number of halogens is 1. The standard InChI is InChI=1S/C15H24IN/c1-4-5-6-15(17-12(2)3)11-13-7-9-14(16)10-8-13/h7-10,12,15,17H,4-6,11H2,1-3H3. The van der Waals surface area contributed by atoms with E-state index in [0.717, 1.165) is 6.42 Å². The zero-order valence-corrected chi connectivity index (χ0v) is 13.3. The smallest absolute Gasteiger partial charge is 0.0130 e. The number of hydrogen-bond donors (Lipinski definition) is 1. The van der Waals surface area contributed by atoms with E-state index in [4.69, 9.17) is 0 Å².